The third-order valence-electron chi connectivity index (χ3n) is 6.83. The fourth-order valence-corrected chi connectivity index (χ4v) is 4.79. The Kier molecular flexibility index (Phi) is 5.19. The third-order valence-corrected chi connectivity index (χ3v) is 6.83. The minimum absolute atomic E-state index is 0.0240. The van der Waals surface area contributed by atoms with Gasteiger partial charge in [-0.1, -0.05) is 42.5 Å². The molecule has 4 heteroatoms. The molecular formula is C27H30N2O2. The average Bonchev–Trinajstić information content (AvgIpc) is 3.35. The fraction of sp³-hybridized carbons (Fsp3) is 0.370. The van der Waals surface area contributed by atoms with E-state index in [0.29, 0.717) is 18.2 Å². The summed E-state index contributed by atoms with van der Waals surface area (Å²) < 4.78 is 5.99. The number of ether oxygens (including phenoxy) is 1. The van der Waals surface area contributed by atoms with Gasteiger partial charge in [-0.3, -0.25) is 4.79 Å². The zero-order valence-electron chi connectivity index (χ0n) is 18.3. The Labute approximate surface area is 184 Å². The number of aryl methyl sites for hydroxylation is 2. The van der Waals surface area contributed by atoms with Crippen LogP contribution in [0.25, 0.3) is 10.8 Å². The molecule has 2 aliphatic rings. The number of amides is 1. The SMILES string of the molecule is Cc1ccc(OCC2CCCN2)cc1C(=O)NC1(c2cccc3c(C)cccc23)CC1. The van der Waals surface area contributed by atoms with Crippen molar-refractivity contribution in [3.63, 3.8) is 0 Å². The second kappa shape index (κ2) is 8.01. The number of fused-ring (bicyclic) bond motifs is 1. The lowest BCUT2D eigenvalue weighted by Gasteiger charge is -2.21. The molecule has 4 nitrogen and oxygen atoms in total. The van der Waals surface area contributed by atoms with Crippen LogP contribution in [0.1, 0.15) is 52.7 Å². The standard InChI is InChI=1S/C27H30N2O2/c1-18-6-3-9-23-22(18)8-4-10-25(23)27(13-14-27)29-26(30)24-16-21(12-11-19(24)2)31-17-20-7-5-15-28-20/h3-4,6,8-12,16,20,28H,5,7,13-15,17H2,1-2H3,(H,29,30). The first-order chi connectivity index (χ1) is 15.1. The normalized spacial score (nSPS) is 19.4. The molecule has 2 fully saturated rings. The molecule has 3 aromatic carbocycles. The summed E-state index contributed by atoms with van der Waals surface area (Å²) in [6, 6.07) is 19.1. The molecule has 3 aromatic rings. The number of carbonyl (C=O) groups excluding carboxylic acids is 1. The lowest BCUT2D eigenvalue weighted by molar-refractivity contribution is 0.0930. The van der Waals surface area contributed by atoms with E-state index in [0.717, 1.165) is 37.1 Å². The summed E-state index contributed by atoms with van der Waals surface area (Å²) in [5.41, 5.74) is 3.87. The van der Waals surface area contributed by atoms with Gasteiger partial charge in [0.2, 0.25) is 0 Å². The minimum Gasteiger partial charge on any atom is -0.492 e. The van der Waals surface area contributed by atoms with Crippen LogP contribution in [0.5, 0.6) is 5.75 Å². The van der Waals surface area contributed by atoms with Crippen LogP contribution in [0, 0.1) is 13.8 Å². The van der Waals surface area contributed by atoms with Crippen LogP contribution < -0.4 is 15.4 Å². The van der Waals surface area contributed by atoms with Crippen molar-refractivity contribution in [3.05, 3.63) is 76.9 Å². The Morgan fingerprint density at radius 2 is 1.87 bits per heavy atom. The van der Waals surface area contributed by atoms with Crippen molar-refractivity contribution in [2.45, 2.75) is 51.1 Å². The maximum Gasteiger partial charge on any atom is 0.252 e. The number of hydrogen-bond donors (Lipinski definition) is 2. The van der Waals surface area contributed by atoms with Gasteiger partial charge in [-0.2, -0.15) is 0 Å². The summed E-state index contributed by atoms with van der Waals surface area (Å²) in [7, 11) is 0. The van der Waals surface area contributed by atoms with Gasteiger partial charge in [0.25, 0.3) is 5.91 Å². The van der Waals surface area contributed by atoms with Crippen LogP contribution in [0.15, 0.2) is 54.6 Å². The van der Waals surface area contributed by atoms with Crippen LogP contribution in [-0.4, -0.2) is 25.1 Å². The number of hydrogen-bond acceptors (Lipinski definition) is 3. The highest BCUT2D eigenvalue weighted by Gasteiger charge is 2.46. The Bertz CT molecular complexity index is 1130. The van der Waals surface area contributed by atoms with E-state index >= 15 is 0 Å². The minimum atomic E-state index is -0.276. The van der Waals surface area contributed by atoms with Gasteiger partial charge in [0.15, 0.2) is 0 Å². The fourth-order valence-electron chi connectivity index (χ4n) is 4.79. The molecule has 0 radical (unpaired) electrons. The summed E-state index contributed by atoms with van der Waals surface area (Å²) in [5.74, 6) is 0.735. The van der Waals surface area contributed by atoms with Crippen LogP contribution in [0.3, 0.4) is 0 Å². The van der Waals surface area contributed by atoms with Crippen molar-refractivity contribution in [3.8, 4) is 5.75 Å². The molecule has 0 aromatic heterocycles. The first-order valence-electron chi connectivity index (χ1n) is 11.3. The Morgan fingerprint density at radius 1 is 1.06 bits per heavy atom. The summed E-state index contributed by atoms with van der Waals surface area (Å²) in [4.78, 5) is 13.3. The van der Waals surface area contributed by atoms with Crippen molar-refractivity contribution in [2.75, 3.05) is 13.2 Å². The van der Waals surface area contributed by atoms with Gasteiger partial charge >= 0.3 is 0 Å². The molecule has 1 atom stereocenters. The summed E-state index contributed by atoms with van der Waals surface area (Å²) in [6.07, 6.45) is 4.28. The number of carbonyl (C=O) groups is 1. The zero-order valence-corrected chi connectivity index (χ0v) is 18.3. The molecule has 1 aliphatic carbocycles. The van der Waals surface area contributed by atoms with Crippen LogP contribution >= 0.6 is 0 Å². The number of rotatable bonds is 6. The van der Waals surface area contributed by atoms with Gasteiger partial charge in [0.1, 0.15) is 12.4 Å². The van der Waals surface area contributed by atoms with Crippen molar-refractivity contribution in [1.82, 2.24) is 10.6 Å². The maximum atomic E-state index is 13.3. The zero-order chi connectivity index (χ0) is 21.4. The van der Waals surface area contributed by atoms with E-state index in [1.54, 1.807) is 0 Å². The number of nitrogens with one attached hydrogen (secondary N) is 2. The van der Waals surface area contributed by atoms with Crippen molar-refractivity contribution in [2.24, 2.45) is 0 Å². The second-order valence-electron chi connectivity index (χ2n) is 9.09. The smallest absolute Gasteiger partial charge is 0.252 e. The van der Waals surface area contributed by atoms with Crippen molar-refractivity contribution in [1.29, 1.82) is 0 Å². The van der Waals surface area contributed by atoms with Crippen molar-refractivity contribution >= 4 is 16.7 Å². The van der Waals surface area contributed by atoms with E-state index in [1.165, 1.54) is 28.3 Å². The average molecular weight is 415 g/mol. The molecule has 160 valence electrons. The Balaban J connectivity index is 1.38. The molecule has 0 spiro atoms. The van der Waals surface area contributed by atoms with E-state index in [2.05, 4.69) is 54.0 Å². The first-order valence-corrected chi connectivity index (χ1v) is 11.3. The van der Waals surface area contributed by atoms with Gasteiger partial charge in [0, 0.05) is 11.6 Å². The molecule has 2 N–H and O–H groups in total. The quantitative estimate of drug-likeness (QED) is 0.596. The largest absolute Gasteiger partial charge is 0.492 e. The molecule has 1 unspecified atom stereocenters. The molecule has 1 heterocycles. The van der Waals surface area contributed by atoms with Crippen LogP contribution in [0.4, 0.5) is 0 Å². The molecule has 1 amide bonds. The van der Waals surface area contributed by atoms with E-state index in [4.69, 9.17) is 4.74 Å². The van der Waals surface area contributed by atoms with Gasteiger partial charge < -0.3 is 15.4 Å². The third kappa shape index (κ3) is 3.92. The lowest BCUT2D eigenvalue weighted by atomic mass is 9.94. The predicted molar refractivity (Wildman–Crippen MR) is 125 cm³/mol. The Hall–Kier alpha value is -2.85. The van der Waals surface area contributed by atoms with Crippen LogP contribution in [-0.2, 0) is 5.54 Å². The molecule has 0 bridgehead atoms. The van der Waals surface area contributed by atoms with E-state index < -0.39 is 0 Å². The summed E-state index contributed by atoms with van der Waals surface area (Å²) in [6.45, 7) is 5.83. The summed E-state index contributed by atoms with van der Waals surface area (Å²) in [5, 5.41) is 9.31. The Morgan fingerprint density at radius 3 is 2.65 bits per heavy atom. The first kappa shape index (κ1) is 20.1. The van der Waals surface area contributed by atoms with Gasteiger partial charge in [-0.15, -0.1) is 0 Å². The van der Waals surface area contributed by atoms with Gasteiger partial charge in [0.05, 0.1) is 5.54 Å². The molecule has 1 aliphatic heterocycles. The number of benzene rings is 3. The lowest BCUT2D eigenvalue weighted by Crippen LogP contribution is -2.35. The molecule has 31 heavy (non-hydrogen) atoms. The highest BCUT2D eigenvalue weighted by molar-refractivity contribution is 5.98. The van der Waals surface area contributed by atoms with E-state index in [1.807, 2.05) is 25.1 Å². The highest BCUT2D eigenvalue weighted by Crippen LogP contribution is 2.48. The maximum absolute atomic E-state index is 13.3. The highest BCUT2D eigenvalue weighted by atomic mass is 16.5. The second-order valence-corrected chi connectivity index (χ2v) is 9.09. The monoisotopic (exact) mass is 414 g/mol. The molecule has 1 saturated heterocycles. The molecular weight excluding hydrogens is 384 g/mol. The topological polar surface area (TPSA) is 50.4 Å². The summed E-state index contributed by atoms with van der Waals surface area (Å²) >= 11 is 0. The molecule has 1 saturated carbocycles. The van der Waals surface area contributed by atoms with E-state index in [9.17, 15) is 4.79 Å². The molecule has 5 rings (SSSR count). The predicted octanol–water partition coefficient (Wildman–Crippen LogP) is 5.01. The van der Waals surface area contributed by atoms with Crippen molar-refractivity contribution < 1.29 is 9.53 Å². The van der Waals surface area contributed by atoms with E-state index in [-0.39, 0.29) is 11.4 Å². The van der Waals surface area contributed by atoms with Gasteiger partial charge in [-0.25, -0.2) is 0 Å². The van der Waals surface area contributed by atoms with Gasteiger partial charge in [-0.05, 0) is 85.7 Å². The van der Waals surface area contributed by atoms with Crippen LogP contribution in [0.2, 0.25) is 0 Å².